The fourth-order valence-corrected chi connectivity index (χ4v) is 6.36. The van der Waals surface area contributed by atoms with Crippen LogP contribution in [0.1, 0.15) is 28.7 Å². The third kappa shape index (κ3) is 6.22. The molecule has 0 bridgehead atoms. The van der Waals surface area contributed by atoms with E-state index in [2.05, 4.69) is 15.2 Å². The molecule has 220 valence electrons. The van der Waals surface area contributed by atoms with Crippen LogP contribution in [-0.4, -0.2) is 38.5 Å². The number of sulfonamides is 1. The average molecular weight is 597 g/mol. The van der Waals surface area contributed by atoms with Gasteiger partial charge in [-0.1, -0.05) is 30.3 Å². The summed E-state index contributed by atoms with van der Waals surface area (Å²) < 4.78 is 79.7. The van der Waals surface area contributed by atoms with Gasteiger partial charge in [-0.25, -0.2) is 30.9 Å². The molecule has 0 aliphatic carbocycles. The molecule has 0 saturated carbocycles. The van der Waals surface area contributed by atoms with E-state index in [1.807, 2.05) is 13.0 Å². The van der Waals surface area contributed by atoms with E-state index in [9.17, 15) is 12.8 Å². The van der Waals surface area contributed by atoms with Gasteiger partial charge in [0.2, 0.25) is 0 Å². The monoisotopic (exact) mass is 596 g/mol. The highest BCUT2D eigenvalue weighted by Gasteiger charge is 2.33. The summed E-state index contributed by atoms with van der Waals surface area (Å²) in [6, 6.07) is 16.4. The van der Waals surface area contributed by atoms with E-state index in [0.717, 1.165) is 47.1 Å². The Morgan fingerprint density at radius 2 is 1.71 bits per heavy atom. The number of nitrogens with zero attached hydrogens (tertiary/aromatic N) is 3. The van der Waals surface area contributed by atoms with Crippen LogP contribution in [0.5, 0.6) is 5.75 Å². The van der Waals surface area contributed by atoms with Crippen LogP contribution in [-0.2, 0) is 29.7 Å². The lowest BCUT2D eigenvalue weighted by Gasteiger charge is -2.31. The lowest BCUT2D eigenvalue weighted by Crippen LogP contribution is -2.36. The molecule has 1 aromatic heterocycles. The molecule has 0 radical (unpaired) electrons. The Morgan fingerprint density at radius 1 is 0.952 bits per heavy atom. The van der Waals surface area contributed by atoms with E-state index in [4.69, 9.17) is 4.74 Å². The Balaban J connectivity index is 1.45. The van der Waals surface area contributed by atoms with Crippen LogP contribution >= 0.6 is 0 Å². The van der Waals surface area contributed by atoms with E-state index in [1.54, 1.807) is 36.4 Å². The van der Waals surface area contributed by atoms with Gasteiger partial charge in [-0.15, -0.1) is 0 Å². The second-order valence-electron chi connectivity index (χ2n) is 10.1. The molecule has 0 amide bonds. The molecular formula is C31H31F3N4O3S. The molecule has 1 saturated heterocycles. The zero-order chi connectivity index (χ0) is 29.9. The number of pyridine rings is 1. The fraction of sp³-hybridized carbons (Fsp3) is 0.258. The number of hydrogen-bond donors (Lipinski definition) is 1. The van der Waals surface area contributed by atoms with Crippen molar-refractivity contribution in [2.75, 3.05) is 29.8 Å². The number of methoxy groups -OCH3 is 1. The quantitative estimate of drug-likeness (QED) is 0.228. The van der Waals surface area contributed by atoms with Crippen LogP contribution in [0, 0.1) is 24.4 Å². The molecule has 0 atom stereocenters. The number of aromatic nitrogens is 1. The number of aryl methyl sites for hydroxylation is 1. The number of ether oxygens (including phenoxy) is 1. The summed E-state index contributed by atoms with van der Waals surface area (Å²) in [5, 5.41) is 2.86. The van der Waals surface area contributed by atoms with Gasteiger partial charge < -0.3 is 10.1 Å². The molecule has 42 heavy (non-hydrogen) atoms. The highest BCUT2D eigenvalue weighted by molar-refractivity contribution is 7.92. The summed E-state index contributed by atoms with van der Waals surface area (Å²) in [6.07, 6.45) is 2.48. The largest absolute Gasteiger partial charge is 0.496 e. The maximum absolute atomic E-state index is 15.5. The number of anilines is 2. The van der Waals surface area contributed by atoms with Crippen molar-refractivity contribution < 1.29 is 26.3 Å². The molecule has 4 aromatic rings. The standard InChI is InChI=1S/C31H31F3N4O3S/c1-21-10-11-23(29(15-21)41-2)20-38(30-9-3-4-12-35-30)42(39,40)31-27(33)16-24(17-28(31)34)36-18-25-22(7-5-8-26(25)32)19-37-13-6-14-37/h3-5,7-12,15-17,36H,6,13-14,18-20H2,1-2H3. The van der Waals surface area contributed by atoms with Crippen molar-refractivity contribution in [3.8, 4) is 5.75 Å². The minimum Gasteiger partial charge on any atom is -0.496 e. The van der Waals surface area contributed by atoms with Crippen molar-refractivity contribution >= 4 is 21.5 Å². The summed E-state index contributed by atoms with van der Waals surface area (Å²) in [5.41, 5.74) is 2.52. The Morgan fingerprint density at radius 3 is 2.36 bits per heavy atom. The van der Waals surface area contributed by atoms with Crippen LogP contribution in [0.4, 0.5) is 24.7 Å². The van der Waals surface area contributed by atoms with Crippen molar-refractivity contribution in [1.82, 2.24) is 9.88 Å². The molecule has 1 fully saturated rings. The summed E-state index contributed by atoms with van der Waals surface area (Å²) in [4.78, 5) is 5.20. The first-order valence-electron chi connectivity index (χ1n) is 13.5. The van der Waals surface area contributed by atoms with E-state index in [1.165, 1.54) is 25.4 Å². The minimum atomic E-state index is -4.78. The lowest BCUT2D eigenvalue weighted by molar-refractivity contribution is 0.172. The number of nitrogens with one attached hydrogen (secondary N) is 1. The van der Waals surface area contributed by atoms with Gasteiger partial charge in [-0.05, 0) is 74.0 Å². The smallest absolute Gasteiger partial charge is 0.271 e. The van der Waals surface area contributed by atoms with Crippen molar-refractivity contribution in [2.24, 2.45) is 0 Å². The van der Waals surface area contributed by atoms with Gasteiger partial charge in [0.05, 0.1) is 13.7 Å². The summed E-state index contributed by atoms with van der Waals surface area (Å²) in [7, 11) is -3.33. The van der Waals surface area contributed by atoms with Crippen LogP contribution in [0.3, 0.4) is 0 Å². The predicted molar refractivity (Wildman–Crippen MR) is 155 cm³/mol. The molecular weight excluding hydrogens is 565 g/mol. The Kier molecular flexibility index (Phi) is 8.69. The maximum atomic E-state index is 15.5. The topological polar surface area (TPSA) is 74.8 Å². The van der Waals surface area contributed by atoms with Crippen LogP contribution in [0.25, 0.3) is 0 Å². The van der Waals surface area contributed by atoms with E-state index in [-0.39, 0.29) is 24.6 Å². The van der Waals surface area contributed by atoms with E-state index >= 15 is 8.78 Å². The van der Waals surface area contributed by atoms with Gasteiger partial charge >= 0.3 is 0 Å². The molecule has 2 heterocycles. The SMILES string of the molecule is COc1cc(C)ccc1CN(c1ccccn1)S(=O)(=O)c1c(F)cc(NCc2c(F)cccc2CN2CCC2)cc1F. The molecule has 5 rings (SSSR count). The van der Waals surface area contributed by atoms with Gasteiger partial charge in [-0.3, -0.25) is 4.90 Å². The molecule has 3 aromatic carbocycles. The summed E-state index contributed by atoms with van der Waals surface area (Å²) in [5.74, 6) is -2.60. The molecule has 0 unspecified atom stereocenters. The number of hydrogen-bond acceptors (Lipinski definition) is 6. The molecule has 1 aliphatic heterocycles. The Hall–Kier alpha value is -4.09. The maximum Gasteiger partial charge on any atom is 0.271 e. The summed E-state index contributed by atoms with van der Waals surface area (Å²) in [6.45, 7) is 3.98. The number of benzene rings is 3. The fourth-order valence-electron chi connectivity index (χ4n) is 4.87. The van der Waals surface area contributed by atoms with Crippen molar-refractivity contribution in [3.05, 3.63) is 113 Å². The number of likely N-dealkylation sites (tertiary alicyclic amines) is 1. The average Bonchev–Trinajstić information content (AvgIpc) is 2.93. The highest BCUT2D eigenvalue weighted by atomic mass is 32.2. The zero-order valence-electron chi connectivity index (χ0n) is 23.3. The highest BCUT2D eigenvalue weighted by Crippen LogP contribution is 2.32. The first kappa shape index (κ1) is 29.4. The molecule has 11 heteroatoms. The summed E-state index contributed by atoms with van der Waals surface area (Å²) >= 11 is 0. The normalized spacial score (nSPS) is 13.5. The van der Waals surface area contributed by atoms with Crippen LogP contribution in [0.2, 0.25) is 0 Å². The number of rotatable bonds is 11. The van der Waals surface area contributed by atoms with Crippen LogP contribution in [0.15, 0.2) is 77.8 Å². The third-order valence-electron chi connectivity index (χ3n) is 7.24. The van der Waals surface area contributed by atoms with Gasteiger partial charge in [0.25, 0.3) is 10.0 Å². The third-order valence-corrected chi connectivity index (χ3v) is 9.04. The van der Waals surface area contributed by atoms with E-state index < -0.39 is 32.4 Å². The second-order valence-corrected chi connectivity index (χ2v) is 11.9. The Bertz CT molecular complexity index is 1660. The molecule has 0 spiro atoms. The van der Waals surface area contributed by atoms with Crippen molar-refractivity contribution in [1.29, 1.82) is 0 Å². The minimum absolute atomic E-state index is 0.0181. The van der Waals surface area contributed by atoms with Gasteiger partial charge in [0.15, 0.2) is 4.90 Å². The predicted octanol–water partition coefficient (Wildman–Crippen LogP) is 6.03. The first-order chi connectivity index (χ1) is 20.2. The van der Waals surface area contributed by atoms with Crippen molar-refractivity contribution in [3.63, 3.8) is 0 Å². The number of halogens is 3. The molecule has 1 aliphatic rings. The molecule has 7 nitrogen and oxygen atoms in total. The second kappa shape index (κ2) is 12.4. The lowest BCUT2D eigenvalue weighted by atomic mass is 10.0. The van der Waals surface area contributed by atoms with Gasteiger partial charge in [0, 0.05) is 36.1 Å². The van der Waals surface area contributed by atoms with Gasteiger partial charge in [-0.2, -0.15) is 0 Å². The van der Waals surface area contributed by atoms with Gasteiger partial charge in [0.1, 0.15) is 29.0 Å². The van der Waals surface area contributed by atoms with Crippen molar-refractivity contribution in [2.45, 2.75) is 37.9 Å². The molecule has 1 N–H and O–H groups in total. The van der Waals surface area contributed by atoms with E-state index in [0.29, 0.717) is 23.4 Å². The first-order valence-corrected chi connectivity index (χ1v) is 14.9. The zero-order valence-corrected chi connectivity index (χ0v) is 24.1. The van der Waals surface area contributed by atoms with Crippen LogP contribution < -0.4 is 14.4 Å². The Labute approximate surface area is 243 Å².